The monoisotopic (exact) mass is 528 g/mol. The first-order valence-electron chi connectivity index (χ1n) is 10.9. The van der Waals surface area contributed by atoms with Gasteiger partial charge in [-0.3, -0.25) is 10.1 Å². The SMILES string of the molecule is COc1ccc(SNc2c(/C=C\c3cc(OC)c(OC)c(OC)c3)ccc(OC)c2OC)cc1[N+](=O)[O-]. The fraction of sp³-hybridized carbons (Fsp3) is 0.231. The van der Waals surface area contributed by atoms with Crippen molar-refractivity contribution in [3.63, 3.8) is 0 Å². The zero-order chi connectivity index (χ0) is 26.9. The van der Waals surface area contributed by atoms with Gasteiger partial charge >= 0.3 is 5.69 Å². The third-order valence-corrected chi connectivity index (χ3v) is 6.13. The second-order valence-corrected chi connectivity index (χ2v) is 8.23. The fourth-order valence-corrected chi connectivity index (χ4v) is 4.29. The molecule has 0 radical (unpaired) electrons. The zero-order valence-corrected chi connectivity index (χ0v) is 22.1. The second kappa shape index (κ2) is 12.6. The molecular weight excluding hydrogens is 500 g/mol. The molecule has 0 amide bonds. The molecular formula is C26H28N2O8S. The third kappa shape index (κ3) is 6.12. The molecule has 0 unspecified atom stereocenters. The van der Waals surface area contributed by atoms with Crippen LogP contribution in [0.15, 0.2) is 47.4 Å². The summed E-state index contributed by atoms with van der Waals surface area (Å²) in [6.07, 6.45) is 3.78. The standard InChI is InChI=1S/C26H28N2O8S/c1-31-20-12-10-18(15-19(20)28(29)30)37-27-24-17(9-11-21(32-2)26(24)36-6)8-7-16-13-22(33-3)25(35-5)23(14-16)34-4/h7-15,27H,1-6H3/b8-7-. The maximum atomic E-state index is 11.4. The van der Waals surface area contributed by atoms with E-state index < -0.39 is 4.92 Å². The van der Waals surface area contributed by atoms with E-state index in [0.717, 1.165) is 11.1 Å². The minimum Gasteiger partial charge on any atom is -0.493 e. The Kier molecular flexibility index (Phi) is 9.33. The van der Waals surface area contributed by atoms with Gasteiger partial charge in [-0.1, -0.05) is 12.2 Å². The summed E-state index contributed by atoms with van der Waals surface area (Å²) in [6.45, 7) is 0. The summed E-state index contributed by atoms with van der Waals surface area (Å²) in [5.41, 5.74) is 2.08. The Bertz CT molecular complexity index is 1270. The van der Waals surface area contributed by atoms with Gasteiger partial charge in [0.1, 0.15) is 0 Å². The average Bonchev–Trinajstić information content (AvgIpc) is 2.93. The molecule has 0 saturated heterocycles. The number of hydrogen-bond acceptors (Lipinski definition) is 10. The molecule has 3 aromatic carbocycles. The summed E-state index contributed by atoms with van der Waals surface area (Å²) >= 11 is 1.19. The smallest absolute Gasteiger partial charge is 0.312 e. The summed E-state index contributed by atoms with van der Waals surface area (Å²) in [6, 6.07) is 12.0. The number of rotatable bonds is 12. The maximum Gasteiger partial charge on any atom is 0.312 e. The number of anilines is 1. The van der Waals surface area contributed by atoms with E-state index >= 15 is 0 Å². The van der Waals surface area contributed by atoms with Crippen molar-refractivity contribution in [2.75, 3.05) is 47.4 Å². The largest absolute Gasteiger partial charge is 0.493 e. The van der Waals surface area contributed by atoms with Gasteiger partial charge in [0.2, 0.25) is 5.75 Å². The van der Waals surface area contributed by atoms with Gasteiger partial charge in [0.05, 0.1) is 53.3 Å². The van der Waals surface area contributed by atoms with Crippen LogP contribution < -0.4 is 33.1 Å². The van der Waals surface area contributed by atoms with Crippen LogP contribution in [-0.4, -0.2) is 47.6 Å². The minimum absolute atomic E-state index is 0.130. The molecule has 0 bridgehead atoms. The van der Waals surface area contributed by atoms with Gasteiger partial charge in [0.15, 0.2) is 28.7 Å². The fourth-order valence-electron chi connectivity index (χ4n) is 3.56. The number of benzene rings is 3. The number of methoxy groups -OCH3 is 6. The highest BCUT2D eigenvalue weighted by Crippen LogP contribution is 2.42. The Balaban J connectivity index is 2.00. The summed E-state index contributed by atoms with van der Waals surface area (Å²) in [5.74, 6) is 2.75. The molecule has 0 heterocycles. The van der Waals surface area contributed by atoms with Crippen molar-refractivity contribution in [3.05, 3.63) is 63.7 Å². The van der Waals surface area contributed by atoms with Crippen molar-refractivity contribution in [2.24, 2.45) is 0 Å². The molecule has 0 aliphatic rings. The molecule has 37 heavy (non-hydrogen) atoms. The highest BCUT2D eigenvalue weighted by Gasteiger charge is 2.18. The van der Waals surface area contributed by atoms with Crippen LogP contribution in [0.25, 0.3) is 12.2 Å². The topological polar surface area (TPSA) is 111 Å². The van der Waals surface area contributed by atoms with Gasteiger partial charge < -0.3 is 33.1 Å². The Labute approximate surface area is 219 Å². The van der Waals surface area contributed by atoms with Gasteiger partial charge in [0.25, 0.3) is 0 Å². The number of nitro groups is 1. The molecule has 0 aliphatic carbocycles. The van der Waals surface area contributed by atoms with E-state index in [4.69, 9.17) is 28.4 Å². The average molecular weight is 529 g/mol. The second-order valence-electron chi connectivity index (χ2n) is 7.35. The molecule has 0 aliphatic heterocycles. The van der Waals surface area contributed by atoms with Gasteiger partial charge in [-0.15, -0.1) is 0 Å². The minimum atomic E-state index is -0.486. The molecule has 0 fully saturated rings. The number of ether oxygens (including phenoxy) is 6. The Morgan fingerprint density at radius 3 is 1.86 bits per heavy atom. The van der Waals surface area contributed by atoms with Crippen LogP contribution in [0.4, 0.5) is 11.4 Å². The predicted molar refractivity (Wildman–Crippen MR) is 144 cm³/mol. The van der Waals surface area contributed by atoms with Crippen molar-refractivity contribution in [1.29, 1.82) is 0 Å². The van der Waals surface area contributed by atoms with Crippen molar-refractivity contribution in [3.8, 4) is 34.5 Å². The van der Waals surface area contributed by atoms with E-state index in [-0.39, 0.29) is 11.4 Å². The van der Waals surface area contributed by atoms with E-state index in [1.54, 1.807) is 53.7 Å². The zero-order valence-electron chi connectivity index (χ0n) is 21.3. The third-order valence-electron chi connectivity index (χ3n) is 5.34. The molecule has 0 spiro atoms. The lowest BCUT2D eigenvalue weighted by Crippen LogP contribution is -1.99. The lowest BCUT2D eigenvalue weighted by Gasteiger charge is -2.17. The number of nitrogens with zero attached hydrogens (tertiary/aromatic N) is 1. The first kappa shape index (κ1) is 27.3. The van der Waals surface area contributed by atoms with E-state index in [2.05, 4.69) is 4.72 Å². The molecule has 10 nitrogen and oxygen atoms in total. The highest BCUT2D eigenvalue weighted by atomic mass is 32.2. The molecule has 3 rings (SSSR count). The van der Waals surface area contributed by atoms with Crippen molar-refractivity contribution < 1.29 is 33.3 Å². The van der Waals surface area contributed by atoms with E-state index in [1.165, 1.54) is 25.1 Å². The summed E-state index contributed by atoms with van der Waals surface area (Å²) in [4.78, 5) is 11.5. The lowest BCUT2D eigenvalue weighted by atomic mass is 10.1. The van der Waals surface area contributed by atoms with Crippen molar-refractivity contribution >= 4 is 35.5 Å². The molecule has 11 heteroatoms. The maximum absolute atomic E-state index is 11.4. The highest BCUT2D eigenvalue weighted by molar-refractivity contribution is 8.00. The van der Waals surface area contributed by atoms with E-state index in [0.29, 0.717) is 39.3 Å². The van der Waals surface area contributed by atoms with Gasteiger partial charge in [-0.25, -0.2) is 0 Å². The van der Waals surface area contributed by atoms with Crippen LogP contribution in [0.5, 0.6) is 34.5 Å². The molecule has 0 aromatic heterocycles. The van der Waals surface area contributed by atoms with Crippen LogP contribution in [0.3, 0.4) is 0 Å². The quantitative estimate of drug-likeness (QED) is 0.131. The van der Waals surface area contributed by atoms with E-state index in [9.17, 15) is 10.1 Å². The van der Waals surface area contributed by atoms with Crippen molar-refractivity contribution in [1.82, 2.24) is 0 Å². The molecule has 0 atom stereocenters. The molecule has 3 aromatic rings. The normalized spacial score (nSPS) is 10.6. The number of hydrogen-bond donors (Lipinski definition) is 1. The Morgan fingerprint density at radius 1 is 0.730 bits per heavy atom. The van der Waals surface area contributed by atoms with Crippen LogP contribution in [-0.2, 0) is 0 Å². The summed E-state index contributed by atoms with van der Waals surface area (Å²) in [7, 11) is 9.14. The van der Waals surface area contributed by atoms with Crippen LogP contribution in [0.2, 0.25) is 0 Å². The Hall–Kier alpha value is -4.25. The first-order valence-corrected chi connectivity index (χ1v) is 11.7. The van der Waals surface area contributed by atoms with Crippen LogP contribution in [0, 0.1) is 10.1 Å². The number of nitro benzene ring substituents is 1. The molecule has 1 N–H and O–H groups in total. The van der Waals surface area contributed by atoms with Crippen LogP contribution >= 0.6 is 11.9 Å². The summed E-state index contributed by atoms with van der Waals surface area (Å²) in [5, 5.41) is 11.4. The van der Waals surface area contributed by atoms with E-state index in [1.807, 2.05) is 30.4 Å². The number of nitrogens with one attached hydrogen (secondary N) is 1. The lowest BCUT2D eigenvalue weighted by molar-refractivity contribution is -0.386. The van der Waals surface area contributed by atoms with Crippen LogP contribution in [0.1, 0.15) is 11.1 Å². The van der Waals surface area contributed by atoms with Gasteiger partial charge in [-0.05, 0) is 53.9 Å². The summed E-state index contributed by atoms with van der Waals surface area (Å²) < 4.78 is 35.7. The molecule has 0 saturated carbocycles. The van der Waals surface area contributed by atoms with Gasteiger partial charge in [-0.2, -0.15) is 0 Å². The Morgan fingerprint density at radius 2 is 1.32 bits per heavy atom. The van der Waals surface area contributed by atoms with Gasteiger partial charge in [0, 0.05) is 16.5 Å². The van der Waals surface area contributed by atoms with Crippen molar-refractivity contribution in [2.45, 2.75) is 4.90 Å². The predicted octanol–water partition coefficient (Wildman–Crippen LogP) is 5.94. The molecule has 196 valence electrons. The first-order chi connectivity index (χ1) is 17.9.